The summed E-state index contributed by atoms with van der Waals surface area (Å²) in [6.45, 7) is 6.31. The van der Waals surface area contributed by atoms with E-state index in [1.54, 1.807) is 6.07 Å². The van der Waals surface area contributed by atoms with Gasteiger partial charge in [-0.3, -0.25) is 0 Å². The van der Waals surface area contributed by atoms with E-state index in [1.807, 2.05) is 60.7 Å². The maximum atomic E-state index is 10.4. The topological polar surface area (TPSA) is 29.5 Å². The van der Waals surface area contributed by atoms with Crippen molar-refractivity contribution >= 4 is 18.2 Å². The first-order valence-electron chi connectivity index (χ1n) is 9.07. The fourth-order valence-corrected chi connectivity index (χ4v) is 3.06. The molecule has 0 saturated carbocycles. The SMILES string of the molecule is CC(C)=CCCC1(C)C=Cc2c(O)cc(/C=C/c3ccccc3)cc2O1. The number of fused-ring (bicyclic) bond motifs is 1. The lowest BCUT2D eigenvalue weighted by atomic mass is 9.94. The summed E-state index contributed by atoms with van der Waals surface area (Å²) >= 11 is 0. The maximum Gasteiger partial charge on any atom is 0.132 e. The van der Waals surface area contributed by atoms with Crippen molar-refractivity contribution in [3.63, 3.8) is 0 Å². The molecule has 0 aliphatic carbocycles. The second-order valence-electron chi connectivity index (χ2n) is 7.26. The van der Waals surface area contributed by atoms with Crippen LogP contribution < -0.4 is 4.74 Å². The third-order valence-corrected chi connectivity index (χ3v) is 4.55. The fraction of sp³-hybridized carbons (Fsp3) is 0.250. The second kappa shape index (κ2) is 7.65. The summed E-state index contributed by atoms with van der Waals surface area (Å²) in [5, 5.41) is 10.4. The predicted octanol–water partition coefficient (Wildman–Crippen LogP) is 6.47. The molecule has 2 nitrogen and oxygen atoms in total. The van der Waals surface area contributed by atoms with Gasteiger partial charge >= 0.3 is 0 Å². The van der Waals surface area contributed by atoms with Crippen molar-refractivity contribution in [2.75, 3.05) is 0 Å². The lowest BCUT2D eigenvalue weighted by molar-refractivity contribution is 0.128. The molecule has 0 saturated heterocycles. The molecule has 0 bridgehead atoms. The molecule has 26 heavy (non-hydrogen) atoms. The van der Waals surface area contributed by atoms with Crippen LogP contribution in [0, 0.1) is 0 Å². The Bertz CT molecular complexity index is 855. The highest BCUT2D eigenvalue weighted by Crippen LogP contribution is 2.39. The third kappa shape index (κ3) is 4.45. The molecule has 1 unspecified atom stereocenters. The summed E-state index contributed by atoms with van der Waals surface area (Å²) in [6, 6.07) is 13.9. The number of hydrogen-bond acceptors (Lipinski definition) is 2. The van der Waals surface area contributed by atoms with Gasteiger partial charge in [0.15, 0.2) is 0 Å². The second-order valence-corrected chi connectivity index (χ2v) is 7.26. The summed E-state index contributed by atoms with van der Waals surface area (Å²) in [5.41, 5.74) is 3.76. The smallest absolute Gasteiger partial charge is 0.132 e. The molecule has 1 atom stereocenters. The zero-order valence-electron chi connectivity index (χ0n) is 15.7. The van der Waals surface area contributed by atoms with Crippen LogP contribution >= 0.6 is 0 Å². The number of phenolic OH excluding ortho intramolecular Hbond substituents is 1. The molecule has 1 aliphatic heterocycles. The number of phenols is 1. The molecule has 3 rings (SSSR count). The maximum absolute atomic E-state index is 10.4. The molecular formula is C24H26O2. The van der Waals surface area contributed by atoms with E-state index in [9.17, 15) is 5.11 Å². The molecule has 2 aromatic carbocycles. The van der Waals surface area contributed by atoms with Crippen molar-refractivity contribution in [1.82, 2.24) is 0 Å². The minimum atomic E-state index is -0.354. The number of hydrogen-bond donors (Lipinski definition) is 1. The Hall–Kier alpha value is -2.74. The predicted molar refractivity (Wildman–Crippen MR) is 110 cm³/mol. The van der Waals surface area contributed by atoms with Crippen molar-refractivity contribution in [3.8, 4) is 11.5 Å². The molecular weight excluding hydrogens is 320 g/mol. The van der Waals surface area contributed by atoms with Crippen LogP contribution in [0.1, 0.15) is 50.3 Å². The molecule has 0 radical (unpaired) electrons. The lowest BCUT2D eigenvalue weighted by Gasteiger charge is -2.32. The zero-order chi connectivity index (χ0) is 18.6. The lowest BCUT2D eigenvalue weighted by Crippen LogP contribution is -2.31. The molecule has 0 aromatic heterocycles. The Labute approximate surface area is 156 Å². The van der Waals surface area contributed by atoms with Crippen molar-refractivity contribution in [2.24, 2.45) is 0 Å². The average Bonchev–Trinajstić information content (AvgIpc) is 2.60. The molecule has 2 aromatic rings. The summed E-state index contributed by atoms with van der Waals surface area (Å²) in [5.74, 6) is 0.984. The first-order valence-corrected chi connectivity index (χ1v) is 9.07. The van der Waals surface area contributed by atoms with E-state index in [0.717, 1.165) is 35.3 Å². The number of aromatic hydroxyl groups is 1. The highest BCUT2D eigenvalue weighted by molar-refractivity contribution is 5.75. The van der Waals surface area contributed by atoms with Crippen LogP contribution in [0.3, 0.4) is 0 Å². The number of benzene rings is 2. The van der Waals surface area contributed by atoms with Crippen molar-refractivity contribution in [1.29, 1.82) is 0 Å². The molecule has 1 aliphatic rings. The molecule has 1 N–H and O–H groups in total. The van der Waals surface area contributed by atoms with E-state index >= 15 is 0 Å². The third-order valence-electron chi connectivity index (χ3n) is 4.55. The van der Waals surface area contributed by atoms with Crippen LogP contribution in [0.2, 0.25) is 0 Å². The van der Waals surface area contributed by atoms with Gasteiger partial charge < -0.3 is 9.84 Å². The fourth-order valence-electron chi connectivity index (χ4n) is 3.06. The van der Waals surface area contributed by atoms with Crippen molar-refractivity contribution in [2.45, 2.75) is 39.2 Å². The molecule has 2 heteroatoms. The van der Waals surface area contributed by atoms with E-state index in [1.165, 1.54) is 5.57 Å². The Balaban J connectivity index is 1.82. The van der Waals surface area contributed by atoms with E-state index in [4.69, 9.17) is 4.74 Å². The van der Waals surface area contributed by atoms with Crippen LogP contribution in [0.15, 0.2) is 60.2 Å². The first-order chi connectivity index (χ1) is 12.5. The standard InChI is InChI=1S/C24H26O2/c1-18(2)8-7-14-24(3)15-13-21-22(25)16-20(17-23(21)26-24)12-11-19-9-5-4-6-10-19/h4-6,8-13,15-17,25H,7,14H2,1-3H3/b12-11+. The normalized spacial score (nSPS) is 18.4. The summed E-state index contributed by atoms with van der Waals surface area (Å²) < 4.78 is 6.26. The van der Waals surface area contributed by atoms with Crippen molar-refractivity contribution in [3.05, 3.63) is 76.9 Å². The van der Waals surface area contributed by atoms with E-state index in [2.05, 4.69) is 26.8 Å². The zero-order valence-corrected chi connectivity index (χ0v) is 15.7. The Kier molecular flexibility index (Phi) is 5.32. The van der Waals surface area contributed by atoms with Crippen LogP contribution in [-0.4, -0.2) is 10.7 Å². The van der Waals surface area contributed by atoms with Crippen molar-refractivity contribution < 1.29 is 9.84 Å². The minimum Gasteiger partial charge on any atom is -0.507 e. The van der Waals surface area contributed by atoms with Gasteiger partial charge in [0.2, 0.25) is 0 Å². The van der Waals surface area contributed by atoms with Crippen LogP contribution in [0.4, 0.5) is 0 Å². The van der Waals surface area contributed by atoms with Crippen LogP contribution in [-0.2, 0) is 0 Å². The van der Waals surface area contributed by atoms with Gasteiger partial charge in [-0.25, -0.2) is 0 Å². The Morgan fingerprint density at radius 3 is 2.54 bits per heavy atom. The highest BCUT2D eigenvalue weighted by atomic mass is 16.5. The molecule has 0 fully saturated rings. The highest BCUT2D eigenvalue weighted by Gasteiger charge is 2.28. The van der Waals surface area contributed by atoms with Gasteiger partial charge in [-0.2, -0.15) is 0 Å². The van der Waals surface area contributed by atoms with E-state index in [0.29, 0.717) is 0 Å². The monoisotopic (exact) mass is 346 g/mol. The van der Waals surface area contributed by atoms with E-state index < -0.39 is 0 Å². The van der Waals surface area contributed by atoms with Crippen LogP contribution in [0.5, 0.6) is 11.5 Å². The van der Waals surface area contributed by atoms with Gasteiger partial charge in [-0.1, -0.05) is 54.1 Å². The Morgan fingerprint density at radius 2 is 1.81 bits per heavy atom. The average molecular weight is 346 g/mol. The van der Waals surface area contributed by atoms with Gasteiger partial charge in [0.05, 0.1) is 5.56 Å². The summed E-state index contributed by atoms with van der Waals surface area (Å²) in [6.07, 6.45) is 12.2. The minimum absolute atomic E-state index is 0.248. The Morgan fingerprint density at radius 1 is 1.08 bits per heavy atom. The van der Waals surface area contributed by atoms with E-state index in [-0.39, 0.29) is 11.4 Å². The van der Waals surface area contributed by atoms with Gasteiger partial charge in [-0.05, 0) is 69.0 Å². The molecule has 0 amide bonds. The number of rotatable bonds is 5. The first kappa shape index (κ1) is 18.1. The summed E-state index contributed by atoms with van der Waals surface area (Å²) in [4.78, 5) is 0. The number of allylic oxidation sites excluding steroid dienone is 2. The summed E-state index contributed by atoms with van der Waals surface area (Å²) in [7, 11) is 0. The van der Waals surface area contributed by atoms with Gasteiger partial charge in [0, 0.05) is 0 Å². The largest absolute Gasteiger partial charge is 0.507 e. The quantitative estimate of drug-likeness (QED) is 0.496. The van der Waals surface area contributed by atoms with Gasteiger partial charge in [0.25, 0.3) is 0 Å². The molecule has 0 spiro atoms. The van der Waals surface area contributed by atoms with Gasteiger partial charge in [-0.15, -0.1) is 0 Å². The van der Waals surface area contributed by atoms with Crippen LogP contribution in [0.25, 0.3) is 18.2 Å². The molecule has 134 valence electrons. The number of ether oxygens (including phenoxy) is 1. The van der Waals surface area contributed by atoms with Gasteiger partial charge in [0.1, 0.15) is 17.1 Å². The molecule has 1 heterocycles.